The molecule has 1 saturated heterocycles. The van der Waals surface area contributed by atoms with E-state index in [1.165, 1.54) is 0 Å². The predicted molar refractivity (Wildman–Crippen MR) is 65.3 cm³/mol. The van der Waals surface area contributed by atoms with Crippen molar-refractivity contribution in [1.29, 1.82) is 0 Å². The number of nitrogens with zero attached hydrogens (tertiary/aromatic N) is 3. The quantitative estimate of drug-likeness (QED) is 0.811. The van der Waals surface area contributed by atoms with E-state index in [9.17, 15) is 8.42 Å². The largest absolute Gasteiger partial charge is 0.497 e. The Balaban J connectivity index is 2.08. The number of sulfone groups is 1. The summed E-state index contributed by atoms with van der Waals surface area (Å²) in [6.07, 6.45) is 3.01. The lowest BCUT2D eigenvalue weighted by Crippen LogP contribution is -2.09. The molecule has 0 amide bonds. The Morgan fingerprint density at radius 2 is 2.33 bits per heavy atom. The molecule has 1 aliphatic heterocycles. The molecule has 3 rings (SSSR count). The summed E-state index contributed by atoms with van der Waals surface area (Å²) >= 11 is 0. The van der Waals surface area contributed by atoms with Crippen LogP contribution in [0, 0.1) is 0 Å². The van der Waals surface area contributed by atoms with Crippen LogP contribution >= 0.6 is 0 Å². The summed E-state index contributed by atoms with van der Waals surface area (Å²) in [6.45, 7) is 0. The molecular weight excluding hydrogens is 254 g/mol. The summed E-state index contributed by atoms with van der Waals surface area (Å²) in [4.78, 5) is 4.29. The highest BCUT2D eigenvalue weighted by Gasteiger charge is 2.35. The lowest BCUT2D eigenvalue weighted by Gasteiger charge is -2.02. The fourth-order valence-electron chi connectivity index (χ4n) is 2.22. The maximum atomic E-state index is 11.8. The van der Waals surface area contributed by atoms with Crippen LogP contribution in [0.1, 0.15) is 23.9 Å². The van der Waals surface area contributed by atoms with E-state index in [-0.39, 0.29) is 5.75 Å². The number of fused-ring (bicyclic) bond motifs is 1. The molecule has 18 heavy (non-hydrogen) atoms. The zero-order valence-corrected chi connectivity index (χ0v) is 10.7. The Bertz CT molecular complexity index is 693. The van der Waals surface area contributed by atoms with Crippen molar-refractivity contribution in [2.75, 3.05) is 12.9 Å². The maximum absolute atomic E-state index is 11.8. The van der Waals surface area contributed by atoms with Gasteiger partial charge in [0, 0.05) is 12.3 Å². The van der Waals surface area contributed by atoms with Gasteiger partial charge >= 0.3 is 0 Å². The van der Waals surface area contributed by atoms with Crippen LogP contribution in [0.5, 0.6) is 5.75 Å². The van der Waals surface area contributed by atoms with Gasteiger partial charge in [-0.1, -0.05) is 0 Å². The van der Waals surface area contributed by atoms with E-state index in [1.807, 2.05) is 0 Å². The molecule has 0 N–H and O–H groups in total. The van der Waals surface area contributed by atoms with Crippen molar-refractivity contribution < 1.29 is 13.2 Å². The van der Waals surface area contributed by atoms with Gasteiger partial charge in [-0.2, -0.15) is 0 Å². The third-order valence-electron chi connectivity index (χ3n) is 3.18. The first-order chi connectivity index (χ1) is 8.60. The Morgan fingerprint density at radius 3 is 3.00 bits per heavy atom. The monoisotopic (exact) mass is 267 g/mol. The van der Waals surface area contributed by atoms with Gasteiger partial charge in [-0.3, -0.25) is 0 Å². The van der Waals surface area contributed by atoms with Gasteiger partial charge in [0.05, 0.1) is 12.9 Å². The predicted octanol–water partition coefficient (Wildman–Crippen LogP) is 0.988. The van der Waals surface area contributed by atoms with Gasteiger partial charge in [0.1, 0.15) is 11.0 Å². The number of pyridine rings is 1. The van der Waals surface area contributed by atoms with Crippen molar-refractivity contribution in [2.24, 2.45) is 0 Å². The number of hydrogen-bond acceptors (Lipinski definition) is 5. The van der Waals surface area contributed by atoms with E-state index < -0.39 is 15.1 Å². The lowest BCUT2D eigenvalue weighted by atomic mass is 10.2. The standard InChI is InChI=1S/C11H13N3O3S/c1-17-8-4-5-14-10(7-8)12-11(13-14)9-3-2-6-18(9,15)16/h4-5,7,9H,2-3,6H2,1H3. The van der Waals surface area contributed by atoms with Gasteiger partial charge in [-0.15, -0.1) is 5.10 Å². The van der Waals surface area contributed by atoms with Crippen molar-refractivity contribution in [3.05, 3.63) is 24.2 Å². The van der Waals surface area contributed by atoms with Crippen molar-refractivity contribution in [2.45, 2.75) is 18.1 Å². The molecule has 0 radical (unpaired) electrons. The zero-order valence-electron chi connectivity index (χ0n) is 9.91. The van der Waals surface area contributed by atoms with Crippen LogP contribution in [0.4, 0.5) is 0 Å². The highest BCUT2D eigenvalue weighted by molar-refractivity contribution is 7.91. The average molecular weight is 267 g/mol. The first-order valence-electron chi connectivity index (χ1n) is 5.72. The molecule has 3 heterocycles. The van der Waals surface area contributed by atoms with Gasteiger partial charge in [0.2, 0.25) is 0 Å². The van der Waals surface area contributed by atoms with Crippen LogP contribution in [0.15, 0.2) is 18.3 Å². The fraction of sp³-hybridized carbons (Fsp3) is 0.455. The van der Waals surface area contributed by atoms with Crippen LogP contribution < -0.4 is 4.74 Å². The number of ether oxygens (including phenoxy) is 1. The van der Waals surface area contributed by atoms with E-state index in [0.29, 0.717) is 30.1 Å². The molecule has 0 bridgehead atoms. The molecule has 2 aromatic heterocycles. The van der Waals surface area contributed by atoms with E-state index in [1.54, 1.807) is 30.0 Å². The molecule has 1 fully saturated rings. The second kappa shape index (κ2) is 3.94. The van der Waals surface area contributed by atoms with Crippen LogP contribution in [-0.2, 0) is 9.84 Å². The summed E-state index contributed by atoms with van der Waals surface area (Å²) < 4.78 is 30.4. The van der Waals surface area contributed by atoms with E-state index in [0.717, 1.165) is 0 Å². The lowest BCUT2D eigenvalue weighted by molar-refractivity contribution is 0.414. The normalized spacial score (nSPS) is 22.4. The van der Waals surface area contributed by atoms with Gasteiger partial charge in [-0.05, 0) is 18.9 Å². The van der Waals surface area contributed by atoms with E-state index in [4.69, 9.17) is 4.74 Å². The highest BCUT2D eigenvalue weighted by Crippen LogP contribution is 2.32. The molecule has 0 aliphatic carbocycles. The SMILES string of the molecule is COc1ccn2nc(C3CCCS3(=O)=O)nc2c1. The minimum atomic E-state index is -3.07. The summed E-state index contributed by atoms with van der Waals surface area (Å²) in [6, 6.07) is 3.49. The minimum absolute atomic E-state index is 0.233. The van der Waals surface area contributed by atoms with Gasteiger partial charge in [-0.25, -0.2) is 17.9 Å². The van der Waals surface area contributed by atoms with Crippen LogP contribution in [0.2, 0.25) is 0 Å². The Morgan fingerprint density at radius 1 is 1.50 bits per heavy atom. The second-order valence-electron chi connectivity index (χ2n) is 4.34. The molecule has 0 saturated carbocycles. The average Bonchev–Trinajstić information content (AvgIpc) is 2.90. The molecule has 6 nitrogen and oxygen atoms in total. The fourth-order valence-corrected chi connectivity index (χ4v) is 4.03. The molecule has 0 aromatic carbocycles. The summed E-state index contributed by atoms with van der Waals surface area (Å²) in [5.74, 6) is 1.30. The third kappa shape index (κ3) is 1.74. The second-order valence-corrected chi connectivity index (χ2v) is 6.64. The Hall–Kier alpha value is -1.63. The van der Waals surface area contributed by atoms with Gasteiger partial charge in [0.15, 0.2) is 21.3 Å². The number of aromatic nitrogens is 3. The molecule has 1 aliphatic rings. The summed E-state index contributed by atoms with van der Waals surface area (Å²) in [5, 5.41) is 3.68. The van der Waals surface area contributed by atoms with Crippen LogP contribution in [-0.4, -0.2) is 35.9 Å². The molecule has 7 heteroatoms. The Kier molecular flexibility index (Phi) is 2.51. The smallest absolute Gasteiger partial charge is 0.169 e. The summed E-state index contributed by atoms with van der Waals surface area (Å²) in [5.41, 5.74) is 0.603. The highest BCUT2D eigenvalue weighted by atomic mass is 32.2. The molecule has 0 spiro atoms. The van der Waals surface area contributed by atoms with Crippen molar-refractivity contribution in [3.8, 4) is 5.75 Å². The molecule has 1 atom stereocenters. The zero-order chi connectivity index (χ0) is 12.8. The van der Waals surface area contributed by atoms with E-state index in [2.05, 4.69) is 10.1 Å². The molecule has 96 valence electrons. The van der Waals surface area contributed by atoms with Crippen LogP contribution in [0.3, 0.4) is 0 Å². The molecular formula is C11H13N3O3S. The number of rotatable bonds is 2. The maximum Gasteiger partial charge on any atom is 0.169 e. The third-order valence-corrected chi connectivity index (χ3v) is 5.35. The molecule has 1 unspecified atom stereocenters. The van der Waals surface area contributed by atoms with Gasteiger partial charge in [0.25, 0.3) is 0 Å². The van der Waals surface area contributed by atoms with Crippen molar-refractivity contribution in [1.82, 2.24) is 14.6 Å². The molecule has 2 aromatic rings. The van der Waals surface area contributed by atoms with Crippen molar-refractivity contribution in [3.63, 3.8) is 0 Å². The topological polar surface area (TPSA) is 73.6 Å². The van der Waals surface area contributed by atoms with E-state index >= 15 is 0 Å². The minimum Gasteiger partial charge on any atom is -0.497 e. The number of methoxy groups -OCH3 is 1. The number of hydrogen-bond donors (Lipinski definition) is 0. The first kappa shape index (κ1) is 11.5. The first-order valence-corrected chi connectivity index (χ1v) is 7.43. The Labute approximate surface area is 105 Å². The van der Waals surface area contributed by atoms with Crippen LogP contribution in [0.25, 0.3) is 5.65 Å². The summed E-state index contributed by atoms with van der Waals surface area (Å²) in [7, 11) is -1.50. The van der Waals surface area contributed by atoms with Gasteiger partial charge < -0.3 is 4.74 Å². The van der Waals surface area contributed by atoms with Crippen molar-refractivity contribution >= 4 is 15.5 Å².